The summed E-state index contributed by atoms with van der Waals surface area (Å²) in [6.45, 7) is 3.21. The number of hydrogen-bond donors (Lipinski definition) is 0. The molecular formula is C22H17N. The van der Waals surface area contributed by atoms with Gasteiger partial charge in [-0.2, -0.15) is 0 Å². The molecule has 23 heavy (non-hydrogen) atoms. The van der Waals surface area contributed by atoms with Crippen LogP contribution >= 0.6 is 0 Å². The highest BCUT2D eigenvalue weighted by atomic mass is 15.0. The van der Waals surface area contributed by atoms with Crippen molar-refractivity contribution in [1.82, 2.24) is 4.57 Å². The maximum absolute atomic E-state index is 2.46. The van der Waals surface area contributed by atoms with Gasteiger partial charge >= 0.3 is 0 Å². The Labute approximate surface area is 134 Å². The summed E-state index contributed by atoms with van der Waals surface area (Å²) >= 11 is 0. The minimum absolute atomic E-state index is 0.979. The molecule has 1 heterocycles. The summed E-state index contributed by atoms with van der Waals surface area (Å²) in [4.78, 5) is 0. The highest BCUT2D eigenvalue weighted by Gasteiger charge is 2.13. The summed E-state index contributed by atoms with van der Waals surface area (Å²) in [5.74, 6) is 0. The Balaban J connectivity index is 2.09. The summed E-state index contributed by atoms with van der Waals surface area (Å²) in [6, 6.07) is 26.5. The number of aryl methyl sites for hydroxylation is 1. The molecule has 1 heteroatoms. The molecule has 0 aliphatic heterocycles. The van der Waals surface area contributed by atoms with Crippen molar-refractivity contribution in [3.05, 3.63) is 72.8 Å². The second kappa shape index (κ2) is 4.60. The van der Waals surface area contributed by atoms with E-state index < -0.39 is 0 Å². The Morgan fingerprint density at radius 3 is 2.13 bits per heavy atom. The third kappa shape index (κ3) is 1.68. The summed E-state index contributed by atoms with van der Waals surface area (Å²) in [5, 5.41) is 7.97. The molecule has 0 saturated carbocycles. The van der Waals surface area contributed by atoms with Crippen LogP contribution in [0.3, 0.4) is 0 Å². The van der Waals surface area contributed by atoms with E-state index >= 15 is 0 Å². The van der Waals surface area contributed by atoms with Crippen LogP contribution in [0.1, 0.15) is 6.92 Å². The molecule has 0 fully saturated rings. The van der Waals surface area contributed by atoms with Crippen LogP contribution in [-0.4, -0.2) is 4.57 Å². The molecule has 1 nitrogen and oxygen atoms in total. The minimum Gasteiger partial charge on any atom is -0.340 e. The van der Waals surface area contributed by atoms with E-state index in [0.29, 0.717) is 0 Å². The number of fused-ring (bicyclic) bond motifs is 6. The van der Waals surface area contributed by atoms with Crippen molar-refractivity contribution >= 4 is 43.4 Å². The van der Waals surface area contributed by atoms with Crippen LogP contribution in [0.25, 0.3) is 43.4 Å². The number of hydrogen-bond acceptors (Lipinski definition) is 0. The molecule has 0 atom stereocenters. The number of rotatable bonds is 1. The topological polar surface area (TPSA) is 4.93 Å². The molecule has 4 aromatic carbocycles. The summed E-state index contributed by atoms with van der Waals surface area (Å²) in [6.07, 6.45) is 0. The molecule has 0 spiro atoms. The van der Waals surface area contributed by atoms with Gasteiger partial charge in [0.05, 0.1) is 5.52 Å². The van der Waals surface area contributed by atoms with Crippen LogP contribution in [0.5, 0.6) is 0 Å². The Bertz CT molecular complexity index is 1190. The average Bonchev–Trinajstić information content (AvgIpc) is 2.93. The minimum atomic E-state index is 0.979. The first-order chi connectivity index (χ1) is 11.4. The van der Waals surface area contributed by atoms with E-state index in [1.807, 2.05) is 0 Å². The molecule has 0 aliphatic rings. The van der Waals surface area contributed by atoms with Crippen molar-refractivity contribution in [3.8, 4) is 0 Å². The molecule has 110 valence electrons. The highest BCUT2D eigenvalue weighted by molar-refractivity contribution is 6.19. The lowest BCUT2D eigenvalue weighted by atomic mass is 10.0. The first kappa shape index (κ1) is 12.7. The fourth-order valence-corrected chi connectivity index (χ4v) is 3.88. The van der Waals surface area contributed by atoms with Crippen LogP contribution in [0.15, 0.2) is 72.8 Å². The average molecular weight is 295 g/mol. The van der Waals surface area contributed by atoms with E-state index in [2.05, 4.69) is 84.3 Å². The Morgan fingerprint density at radius 2 is 1.35 bits per heavy atom. The predicted octanol–water partition coefficient (Wildman–Crippen LogP) is 6.12. The molecular weight excluding hydrogens is 278 g/mol. The van der Waals surface area contributed by atoms with Crippen LogP contribution < -0.4 is 0 Å². The third-order valence-electron chi connectivity index (χ3n) is 4.93. The van der Waals surface area contributed by atoms with Crippen molar-refractivity contribution in [2.45, 2.75) is 13.5 Å². The van der Waals surface area contributed by atoms with Crippen molar-refractivity contribution in [1.29, 1.82) is 0 Å². The molecule has 5 aromatic rings. The van der Waals surface area contributed by atoms with Crippen molar-refractivity contribution in [2.24, 2.45) is 0 Å². The Kier molecular flexibility index (Phi) is 2.54. The number of nitrogens with zero attached hydrogens (tertiary/aromatic N) is 1. The predicted molar refractivity (Wildman–Crippen MR) is 100 cm³/mol. The van der Waals surface area contributed by atoms with E-state index in [0.717, 1.165) is 6.54 Å². The lowest BCUT2D eigenvalue weighted by Crippen LogP contribution is -1.93. The summed E-state index contributed by atoms with van der Waals surface area (Å²) in [7, 11) is 0. The first-order valence-electron chi connectivity index (χ1n) is 8.19. The number of aromatic nitrogens is 1. The van der Waals surface area contributed by atoms with Crippen LogP contribution in [0, 0.1) is 0 Å². The van der Waals surface area contributed by atoms with Crippen molar-refractivity contribution in [2.75, 3.05) is 0 Å². The van der Waals surface area contributed by atoms with E-state index in [1.54, 1.807) is 0 Å². The normalized spacial score (nSPS) is 11.9. The monoisotopic (exact) mass is 295 g/mol. The zero-order valence-electron chi connectivity index (χ0n) is 13.1. The molecule has 1 aromatic heterocycles. The molecule has 0 amide bonds. The molecule has 0 saturated heterocycles. The SMILES string of the molecule is CCn1c2cc3ccccc3cc2c2ccc3ccccc3c21. The zero-order valence-corrected chi connectivity index (χ0v) is 13.1. The van der Waals surface area contributed by atoms with Gasteiger partial charge in [-0.3, -0.25) is 0 Å². The summed E-state index contributed by atoms with van der Waals surface area (Å²) in [5.41, 5.74) is 2.69. The molecule has 0 bridgehead atoms. The maximum Gasteiger partial charge on any atom is 0.0570 e. The smallest absolute Gasteiger partial charge is 0.0570 e. The van der Waals surface area contributed by atoms with E-state index in [9.17, 15) is 0 Å². The van der Waals surface area contributed by atoms with Gasteiger partial charge in [0, 0.05) is 28.2 Å². The Morgan fingerprint density at radius 1 is 0.652 bits per heavy atom. The molecule has 0 aliphatic carbocycles. The third-order valence-corrected chi connectivity index (χ3v) is 4.93. The van der Waals surface area contributed by atoms with E-state index in [1.165, 1.54) is 43.4 Å². The van der Waals surface area contributed by atoms with Gasteiger partial charge in [-0.05, 0) is 35.2 Å². The highest BCUT2D eigenvalue weighted by Crippen LogP contribution is 2.36. The standard InChI is InChI=1S/C22H17N/c1-2-23-21-14-17-9-4-3-8-16(17)13-20(21)19-12-11-15-7-5-6-10-18(15)22(19)23/h3-14H,2H2,1H3. The quantitative estimate of drug-likeness (QED) is 0.351. The Hall–Kier alpha value is -2.80. The lowest BCUT2D eigenvalue weighted by Gasteiger charge is -2.06. The van der Waals surface area contributed by atoms with Crippen molar-refractivity contribution in [3.63, 3.8) is 0 Å². The second-order valence-electron chi connectivity index (χ2n) is 6.14. The van der Waals surface area contributed by atoms with Gasteiger partial charge in [-0.15, -0.1) is 0 Å². The van der Waals surface area contributed by atoms with Gasteiger partial charge in [-0.25, -0.2) is 0 Å². The fourth-order valence-electron chi connectivity index (χ4n) is 3.88. The van der Waals surface area contributed by atoms with Gasteiger partial charge in [-0.1, -0.05) is 60.7 Å². The van der Waals surface area contributed by atoms with Crippen molar-refractivity contribution < 1.29 is 0 Å². The van der Waals surface area contributed by atoms with Gasteiger partial charge in [0.15, 0.2) is 0 Å². The van der Waals surface area contributed by atoms with Gasteiger partial charge in [0.2, 0.25) is 0 Å². The molecule has 0 radical (unpaired) electrons. The number of benzene rings is 4. The summed E-state index contributed by atoms with van der Waals surface area (Å²) < 4.78 is 2.46. The molecule has 0 unspecified atom stereocenters. The maximum atomic E-state index is 2.46. The first-order valence-corrected chi connectivity index (χ1v) is 8.19. The largest absolute Gasteiger partial charge is 0.340 e. The van der Waals surface area contributed by atoms with Gasteiger partial charge in [0.25, 0.3) is 0 Å². The molecule has 5 rings (SSSR count). The fraction of sp³-hybridized carbons (Fsp3) is 0.0909. The zero-order chi connectivity index (χ0) is 15.4. The second-order valence-corrected chi connectivity index (χ2v) is 6.14. The van der Waals surface area contributed by atoms with Gasteiger partial charge in [0.1, 0.15) is 0 Å². The van der Waals surface area contributed by atoms with E-state index in [4.69, 9.17) is 0 Å². The molecule has 0 N–H and O–H groups in total. The van der Waals surface area contributed by atoms with Crippen LogP contribution in [0.2, 0.25) is 0 Å². The lowest BCUT2D eigenvalue weighted by molar-refractivity contribution is 0.830. The van der Waals surface area contributed by atoms with E-state index in [-0.39, 0.29) is 0 Å². The van der Waals surface area contributed by atoms with Crippen LogP contribution in [0.4, 0.5) is 0 Å². The van der Waals surface area contributed by atoms with Gasteiger partial charge < -0.3 is 4.57 Å². The van der Waals surface area contributed by atoms with Crippen LogP contribution in [-0.2, 0) is 6.54 Å².